The third kappa shape index (κ3) is 6.56. The van der Waals surface area contributed by atoms with Crippen molar-refractivity contribution in [2.45, 2.75) is 65.1 Å². The topological polar surface area (TPSA) is 74.6 Å². The van der Waals surface area contributed by atoms with E-state index in [0.717, 1.165) is 16.6 Å². The largest absolute Gasteiger partial charge is 0.478 e. The summed E-state index contributed by atoms with van der Waals surface area (Å²) in [7, 11) is -0.454. The molecule has 0 aliphatic rings. The smallest absolute Gasteiger partial charge is 0.335 e. The van der Waals surface area contributed by atoms with Gasteiger partial charge in [-0.2, -0.15) is 0 Å². The van der Waals surface area contributed by atoms with Crippen LogP contribution >= 0.6 is 0 Å². The lowest BCUT2D eigenvalue weighted by atomic mass is 10.0. The van der Waals surface area contributed by atoms with Crippen LogP contribution in [0.1, 0.15) is 67.8 Å². The maximum absolute atomic E-state index is 10.6. The summed E-state index contributed by atoms with van der Waals surface area (Å²) >= 11 is 0. The SMILES string of the molecule is CC(C)[SiH](C(C)C)C(C)C.Cc1c(C(=O)O)cccc1C(=O)O. The van der Waals surface area contributed by atoms with Crippen LogP contribution in [0, 0.1) is 6.92 Å². The van der Waals surface area contributed by atoms with E-state index in [0.29, 0.717) is 0 Å². The van der Waals surface area contributed by atoms with Crippen LogP contribution in [-0.2, 0) is 0 Å². The van der Waals surface area contributed by atoms with E-state index in [1.807, 2.05) is 0 Å². The van der Waals surface area contributed by atoms with Crippen molar-refractivity contribution in [3.8, 4) is 0 Å². The summed E-state index contributed by atoms with van der Waals surface area (Å²) in [5.41, 5.74) is 3.25. The first-order valence-corrected chi connectivity index (χ1v) is 10.1. The standard InChI is InChI=1S/C9H8O4.C9H22Si/c1-5-6(8(10)11)3-2-4-7(5)9(12)13;1-7(2)10(8(3)4)9(5)6/h2-4H,1H3,(H,10,11)(H,12,13);7-10H,1-6H3. The average molecular weight is 339 g/mol. The van der Waals surface area contributed by atoms with Gasteiger partial charge in [0.1, 0.15) is 0 Å². The number of benzene rings is 1. The van der Waals surface area contributed by atoms with Crippen LogP contribution in [0.15, 0.2) is 18.2 Å². The summed E-state index contributed by atoms with van der Waals surface area (Å²) in [5.74, 6) is -2.22. The number of carboxylic acid groups (broad SMARTS) is 2. The molecule has 0 spiro atoms. The fourth-order valence-electron chi connectivity index (χ4n) is 3.41. The lowest BCUT2D eigenvalue weighted by Gasteiger charge is -2.26. The summed E-state index contributed by atoms with van der Waals surface area (Å²) in [6.45, 7) is 15.8. The van der Waals surface area contributed by atoms with Crippen LogP contribution in [0.3, 0.4) is 0 Å². The maximum atomic E-state index is 10.6. The summed E-state index contributed by atoms with van der Waals surface area (Å²) in [6, 6.07) is 4.17. The molecule has 4 nitrogen and oxygen atoms in total. The van der Waals surface area contributed by atoms with E-state index in [2.05, 4.69) is 41.5 Å². The Labute approximate surface area is 141 Å². The molecule has 0 saturated carbocycles. The third-order valence-corrected chi connectivity index (χ3v) is 8.72. The highest BCUT2D eigenvalue weighted by Gasteiger charge is 2.22. The average Bonchev–Trinajstić information content (AvgIpc) is 2.37. The highest BCUT2D eigenvalue weighted by molar-refractivity contribution is 6.63. The van der Waals surface area contributed by atoms with Gasteiger partial charge in [0.2, 0.25) is 0 Å². The predicted molar refractivity (Wildman–Crippen MR) is 97.5 cm³/mol. The minimum absolute atomic E-state index is 0.0277. The molecule has 0 aliphatic heterocycles. The van der Waals surface area contributed by atoms with Crippen LogP contribution < -0.4 is 0 Å². The number of carbonyl (C=O) groups is 2. The zero-order valence-corrected chi connectivity index (χ0v) is 16.4. The van der Waals surface area contributed by atoms with E-state index in [1.54, 1.807) is 0 Å². The van der Waals surface area contributed by atoms with Gasteiger partial charge in [0.25, 0.3) is 0 Å². The van der Waals surface area contributed by atoms with Crippen LogP contribution in [0.5, 0.6) is 0 Å². The number of aromatic carboxylic acids is 2. The van der Waals surface area contributed by atoms with E-state index in [9.17, 15) is 9.59 Å². The Balaban J connectivity index is 0.000000438. The van der Waals surface area contributed by atoms with Crippen molar-refractivity contribution in [2.24, 2.45) is 0 Å². The molecule has 0 radical (unpaired) electrons. The molecule has 1 aromatic rings. The molecule has 23 heavy (non-hydrogen) atoms. The van der Waals surface area contributed by atoms with Gasteiger partial charge in [0, 0.05) is 8.80 Å². The molecule has 0 saturated heterocycles. The van der Waals surface area contributed by atoms with E-state index in [1.165, 1.54) is 25.1 Å². The third-order valence-electron chi connectivity index (χ3n) is 4.10. The first-order valence-electron chi connectivity index (χ1n) is 8.06. The fraction of sp³-hybridized carbons (Fsp3) is 0.556. The summed E-state index contributed by atoms with van der Waals surface area (Å²) in [5, 5.41) is 17.4. The molecule has 0 unspecified atom stereocenters. The van der Waals surface area contributed by atoms with Crippen LogP contribution in [-0.4, -0.2) is 30.9 Å². The number of hydrogen-bond acceptors (Lipinski definition) is 2. The van der Waals surface area contributed by atoms with E-state index in [-0.39, 0.29) is 16.7 Å². The van der Waals surface area contributed by atoms with Crippen molar-refractivity contribution in [3.05, 3.63) is 34.9 Å². The van der Waals surface area contributed by atoms with Gasteiger partial charge in [-0.25, -0.2) is 9.59 Å². The normalized spacial score (nSPS) is 10.9. The zero-order valence-electron chi connectivity index (χ0n) is 15.3. The lowest BCUT2D eigenvalue weighted by Crippen LogP contribution is -2.24. The molecule has 0 amide bonds. The van der Waals surface area contributed by atoms with Crippen molar-refractivity contribution >= 4 is 20.7 Å². The van der Waals surface area contributed by atoms with Crippen LogP contribution in [0.2, 0.25) is 16.6 Å². The molecule has 1 rings (SSSR count). The van der Waals surface area contributed by atoms with E-state index >= 15 is 0 Å². The molecular weight excluding hydrogens is 308 g/mol. The Morgan fingerprint density at radius 2 is 1.13 bits per heavy atom. The van der Waals surface area contributed by atoms with Crippen LogP contribution in [0.25, 0.3) is 0 Å². The number of hydrogen-bond donors (Lipinski definition) is 2. The van der Waals surface area contributed by atoms with Gasteiger partial charge in [-0.05, 0) is 24.6 Å². The molecule has 0 fully saturated rings. The van der Waals surface area contributed by atoms with E-state index < -0.39 is 20.7 Å². The second-order valence-electron chi connectivity index (χ2n) is 6.90. The van der Waals surface area contributed by atoms with E-state index in [4.69, 9.17) is 10.2 Å². The Morgan fingerprint density at radius 3 is 1.30 bits per heavy atom. The molecular formula is C18H30O4Si. The highest BCUT2D eigenvalue weighted by atomic mass is 28.3. The highest BCUT2D eigenvalue weighted by Crippen LogP contribution is 2.29. The molecule has 0 heterocycles. The van der Waals surface area contributed by atoms with Crippen molar-refractivity contribution in [2.75, 3.05) is 0 Å². The maximum Gasteiger partial charge on any atom is 0.335 e. The number of rotatable bonds is 5. The Hall–Kier alpha value is -1.62. The van der Waals surface area contributed by atoms with Crippen LogP contribution in [0.4, 0.5) is 0 Å². The quantitative estimate of drug-likeness (QED) is 0.754. The lowest BCUT2D eigenvalue weighted by molar-refractivity contribution is 0.0696. The Bertz CT molecular complexity index is 485. The van der Waals surface area contributed by atoms with Crippen molar-refractivity contribution < 1.29 is 19.8 Å². The van der Waals surface area contributed by atoms with Gasteiger partial charge in [-0.15, -0.1) is 0 Å². The molecule has 1 aromatic carbocycles. The Morgan fingerprint density at radius 1 is 0.826 bits per heavy atom. The Kier molecular flexibility index (Phi) is 8.83. The summed E-state index contributed by atoms with van der Waals surface area (Å²) in [6.07, 6.45) is 0. The zero-order chi connectivity index (χ0) is 18.3. The van der Waals surface area contributed by atoms with Gasteiger partial charge in [-0.3, -0.25) is 0 Å². The molecule has 0 bridgehead atoms. The fourth-order valence-corrected chi connectivity index (χ4v) is 8.03. The molecule has 0 atom stereocenters. The predicted octanol–water partition coefficient (Wildman–Crippen LogP) is 4.83. The second kappa shape index (κ2) is 9.50. The summed E-state index contributed by atoms with van der Waals surface area (Å²) in [4.78, 5) is 21.2. The summed E-state index contributed by atoms with van der Waals surface area (Å²) < 4.78 is 0. The molecule has 0 aliphatic carbocycles. The minimum Gasteiger partial charge on any atom is -0.478 e. The van der Waals surface area contributed by atoms with Crippen molar-refractivity contribution in [1.29, 1.82) is 0 Å². The molecule has 5 heteroatoms. The first-order chi connectivity index (χ1) is 10.5. The monoisotopic (exact) mass is 338 g/mol. The second-order valence-corrected chi connectivity index (χ2v) is 12.1. The molecule has 0 aromatic heterocycles. The minimum atomic E-state index is -1.11. The first kappa shape index (κ1) is 21.4. The van der Waals surface area contributed by atoms with Crippen molar-refractivity contribution in [3.63, 3.8) is 0 Å². The van der Waals surface area contributed by atoms with Gasteiger partial charge in [0.15, 0.2) is 0 Å². The number of carboxylic acids is 2. The van der Waals surface area contributed by atoms with Gasteiger partial charge in [0.05, 0.1) is 11.1 Å². The van der Waals surface area contributed by atoms with Gasteiger partial charge < -0.3 is 10.2 Å². The van der Waals surface area contributed by atoms with Gasteiger partial charge in [-0.1, -0.05) is 64.2 Å². The van der Waals surface area contributed by atoms with Gasteiger partial charge >= 0.3 is 11.9 Å². The van der Waals surface area contributed by atoms with Crippen molar-refractivity contribution in [1.82, 2.24) is 0 Å². The molecule has 130 valence electrons. The molecule has 2 N–H and O–H groups in total.